The van der Waals surface area contributed by atoms with E-state index in [1.54, 1.807) is 31.2 Å². The number of rotatable bonds is 11. The number of amides is 2. The van der Waals surface area contributed by atoms with Crippen molar-refractivity contribution < 1.29 is 18.0 Å². The molecule has 0 aliphatic carbocycles. The molecule has 3 rings (SSSR count). The topological polar surface area (TPSA) is 86.8 Å². The molecule has 7 nitrogen and oxygen atoms in total. The molecule has 3 aromatic rings. The van der Waals surface area contributed by atoms with Gasteiger partial charge >= 0.3 is 0 Å². The first kappa shape index (κ1) is 30.4. The number of nitrogens with zero attached hydrogens (tertiary/aromatic N) is 2. The average Bonchev–Trinajstić information content (AvgIpc) is 2.92. The maximum Gasteiger partial charge on any atom is 0.264 e. The fraction of sp³-hybridized carbons (Fsp3) is 0.333. The van der Waals surface area contributed by atoms with Crippen molar-refractivity contribution in [1.29, 1.82) is 0 Å². The van der Waals surface area contributed by atoms with Crippen LogP contribution in [0.25, 0.3) is 0 Å². The third kappa shape index (κ3) is 7.70. The fourth-order valence-electron chi connectivity index (χ4n) is 4.06. The number of sulfonamides is 1. The number of hydrogen-bond donors (Lipinski definition) is 1. The van der Waals surface area contributed by atoms with Gasteiger partial charge in [0, 0.05) is 17.1 Å². The third-order valence-corrected chi connectivity index (χ3v) is 8.98. The van der Waals surface area contributed by atoms with E-state index in [1.807, 2.05) is 64.1 Å². The zero-order valence-electron chi connectivity index (χ0n) is 23.0. The first-order valence-electron chi connectivity index (χ1n) is 12.9. The van der Waals surface area contributed by atoms with Crippen molar-refractivity contribution in [3.8, 4) is 0 Å². The summed E-state index contributed by atoms with van der Waals surface area (Å²) in [5.41, 5.74) is 2.82. The molecule has 0 aliphatic heterocycles. The lowest BCUT2D eigenvalue weighted by Crippen LogP contribution is -2.52. The number of carbonyl (C=O) groups excluding carboxylic acids is 2. The SMILES string of the molecule is CCC(C)NC(=O)C(C)N(Cc1ccc(Br)cc1)C(=O)CN(c1cc(C)ccc1C)S(=O)(=O)c1ccccc1. The molecule has 0 spiro atoms. The summed E-state index contributed by atoms with van der Waals surface area (Å²) < 4.78 is 29.9. The molecule has 0 saturated heterocycles. The van der Waals surface area contributed by atoms with Gasteiger partial charge in [-0.15, -0.1) is 0 Å². The predicted molar refractivity (Wildman–Crippen MR) is 159 cm³/mol. The van der Waals surface area contributed by atoms with E-state index in [4.69, 9.17) is 0 Å². The largest absolute Gasteiger partial charge is 0.352 e. The molecule has 2 unspecified atom stereocenters. The molecule has 2 amide bonds. The number of nitrogens with one attached hydrogen (secondary N) is 1. The number of hydrogen-bond acceptors (Lipinski definition) is 4. The summed E-state index contributed by atoms with van der Waals surface area (Å²) in [4.78, 5) is 28.7. The maximum atomic E-state index is 14.0. The van der Waals surface area contributed by atoms with E-state index in [0.717, 1.165) is 31.9 Å². The third-order valence-electron chi connectivity index (χ3n) is 6.68. The smallest absolute Gasteiger partial charge is 0.264 e. The lowest BCUT2D eigenvalue weighted by Gasteiger charge is -2.33. The van der Waals surface area contributed by atoms with Crippen molar-refractivity contribution in [3.63, 3.8) is 0 Å². The number of aryl methyl sites for hydroxylation is 2. The summed E-state index contributed by atoms with van der Waals surface area (Å²) in [6.07, 6.45) is 0.745. The van der Waals surface area contributed by atoms with Crippen LogP contribution in [0.5, 0.6) is 0 Å². The summed E-state index contributed by atoms with van der Waals surface area (Å²) in [5, 5.41) is 2.95. The van der Waals surface area contributed by atoms with Crippen molar-refractivity contribution in [1.82, 2.24) is 10.2 Å². The van der Waals surface area contributed by atoms with Gasteiger partial charge < -0.3 is 10.2 Å². The highest BCUT2D eigenvalue weighted by Gasteiger charge is 2.33. The molecule has 0 bridgehead atoms. The van der Waals surface area contributed by atoms with Gasteiger partial charge in [-0.1, -0.05) is 65.3 Å². The highest BCUT2D eigenvalue weighted by Crippen LogP contribution is 2.28. The van der Waals surface area contributed by atoms with Gasteiger partial charge in [-0.05, 0) is 81.1 Å². The molecule has 0 heterocycles. The Morgan fingerprint density at radius 2 is 1.59 bits per heavy atom. The normalized spacial score (nSPS) is 12.9. The molecule has 2 atom stereocenters. The van der Waals surface area contributed by atoms with Crippen LogP contribution < -0.4 is 9.62 Å². The van der Waals surface area contributed by atoms with Gasteiger partial charge in [0.2, 0.25) is 11.8 Å². The molecular weight excluding hydrogens is 578 g/mol. The van der Waals surface area contributed by atoms with E-state index in [0.29, 0.717) is 5.69 Å². The summed E-state index contributed by atoms with van der Waals surface area (Å²) >= 11 is 3.42. The Bertz CT molecular complexity index is 1400. The van der Waals surface area contributed by atoms with Gasteiger partial charge in [0.25, 0.3) is 10.0 Å². The van der Waals surface area contributed by atoms with Gasteiger partial charge in [-0.2, -0.15) is 0 Å². The number of benzene rings is 3. The Morgan fingerprint density at radius 1 is 0.949 bits per heavy atom. The maximum absolute atomic E-state index is 14.0. The first-order chi connectivity index (χ1) is 18.4. The molecule has 0 saturated carbocycles. The van der Waals surface area contributed by atoms with Gasteiger partial charge in [-0.3, -0.25) is 13.9 Å². The Balaban J connectivity index is 2.05. The lowest BCUT2D eigenvalue weighted by atomic mass is 10.1. The van der Waals surface area contributed by atoms with E-state index in [-0.39, 0.29) is 23.4 Å². The van der Waals surface area contributed by atoms with Gasteiger partial charge in [0.05, 0.1) is 10.6 Å². The number of halogens is 1. The molecule has 9 heteroatoms. The van der Waals surface area contributed by atoms with Crippen LogP contribution in [0.3, 0.4) is 0 Å². The minimum Gasteiger partial charge on any atom is -0.352 e. The van der Waals surface area contributed by atoms with E-state index in [2.05, 4.69) is 21.2 Å². The quantitative estimate of drug-likeness (QED) is 0.305. The molecular formula is C30H36BrN3O4S. The monoisotopic (exact) mass is 613 g/mol. The molecule has 0 radical (unpaired) electrons. The molecule has 3 aromatic carbocycles. The van der Waals surface area contributed by atoms with Crippen LogP contribution in [-0.4, -0.2) is 43.8 Å². The first-order valence-corrected chi connectivity index (χ1v) is 15.2. The van der Waals surface area contributed by atoms with Crippen LogP contribution in [-0.2, 0) is 26.2 Å². The Morgan fingerprint density at radius 3 is 2.21 bits per heavy atom. The van der Waals surface area contributed by atoms with Crippen LogP contribution in [0.2, 0.25) is 0 Å². The zero-order valence-corrected chi connectivity index (χ0v) is 25.4. The number of anilines is 1. The Hall–Kier alpha value is -3.17. The molecule has 39 heavy (non-hydrogen) atoms. The van der Waals surface area contributed by atoms with Crippen LogP contribution in [0, 0.1) is 13.8 Å². The average molecular weight is 615 g/mol. The molecule has 0 fully saturated rings. The minimum atomic E-state index is -4.09. The predicted octanol–water partition coefficient (Wildman–Crippen LogP) is 5.59. The van der Waals surface area contributed by atoms with Crippen molar-refractivity contribution in [2.45, 2.75) is 64.6 Å². The molecule has 208 valence electrons. The summed E-state index contributed by atoms with van der Waals surface area (Å²) in [6, 6.07) is 20.1. The van der Waals surface area contributed by atoms with E-state index in [1.165, 1.54) is 17.0 Å². The highest BCUT2D eigenvalue weighted by molar-refractivity contribution is 9.10. The Kier molecular flexibility index (Phi) is 10.3. The van der Waals surface area contributed by atoms with E-state index >= 15 is 0 Å². The fourth-order valence-corrected chi connectivity index (χ4v) is 5.81. The standard InChI is InChI=1S/C30H36BrN3O4S/c1-6-23(4)32-30(36)24(5)33(19-25-14-16-26(31)17-15-25)29(35)20-34(28-18-21(2)12-13-22(28)3)39(37,38)27-10-8-7-9-11-27/h7-18,23-24H,6,19-20H2,1-5H3,(H,32,36). The summed E-state index contributed by atoms with van der Waals surface area (Å²) in [5.74, 6) is -0.774. The summed E-state index contributed by atoms with van der Waals surface area (Å²) in [7, 11) is -4.09. The van der Waals surface area contributed by atoms with Crippen LogP contribution in [0.15, 0.2) is 82.2 Å². The van der Waals surface area contributed by atoms with Gasteiger partial charge in [-0.25, -0.2) is 8.42 Å². The second-order valence-corrected chi connectivity index (χ2v) is 12.5. The van der Waals surface area contributed by atoms with Crippen molar-refractivity contribution in [3.05, 3.63) is 94.0 Å². The van der Waals surface area contributed by atoms with Crippen molar-refractivity contribution >= 4 is 43.5 Å². The van der Waals surface area contributed by atoms with E-state index < -0.39 is 28.5 Å². The second-order valence-electron chi connectivity index (χ2n) is 9.76. The lowest BCUT2D eigenvalue weighted by molar-refractivity contribution is -0.139. The van der Waals surface area contributed by atoms with E-state index in [9.17, 15) is 18.0 Å². The van der Waals surface area contributed by atoms with Crippen molar-refractivity contribution in [2.75, 3.05) is 10.8 Å². The zero-order chi connectivity index (χ0) is 28.7. The summed E-state index contributed by atoms with van der Waals surface area (Å²) in [6.45, 7) is 8.92. The molecule has 0 aromatic heterocycles. The second kappa shape index (κ2) is 13.3. The van der Waals surface area contributed by atoms with Crippen LogP contribution in [0.1, 0.15) is 43.9 Å². The molecule has 0 aliphatic rings. The van der Waals surface area contributed by atoms with Gasteiger partial charge in [0.1, 0.15) is 12.6 Å². The van der Waals surface area contributed by atoms with Gasteiger partial charge in [0.15, 0.2) is 0 Å². The van der Waals surface area contributed by atoms with Crippen LogP contribution in [0.4, 0.5) is 5.69 Å². The van der Waals surface area contributed by atoms with Crippen LogP contribution >= 0.6 is 15.9 Å². The Labute approximate surface area is 240 Å². The number of carbonyl (C=O) groups is 2. The minimum absolute atomic E-state index is 0.0607. The highest BCUT2D eigenvalue weighted by atomic mass is 79.9. The molecule has 1 N–H and O–H groups in total. The van der Waals surface area contributed by atoms with Crippen molar-refractivity contribution in [2.24, 2.45) is 0 Å².